The molecule has 2 aromatic carbocycles. The van der Waals surface area contributed by atoms with Gasteiger partial charge in [0, 0.05) is 38.9 Å². The van der Waals surface area contributed by atoms with Gasteiger partial charge >= 0.3 is 12.0 Å². The second-order valence-electron chi connectivity index (χ2n) is 7.20. The molecule has 8 nitrogen and oxygen atoms in total. The maximum absolute atomic E-state index is 13.0. The lowest BCUT2D eigenvalue weighted by Gasteiger charge is -2.34. The summed E-state index contributed by atoms with van der Waals surface area (Å²) in [5, 5.41) is 12.7. The van der Waals surface area contributed by atoms with E-state index in [1.807, 2.05) is 52.0 Å². The molecule has 0 bridgehead atoms. The molecule has 4 rings (SSSR count). The van der Waals surface area contributed by atoms with Gasteiger partial charge < -0.3 is 14.7 Å². The van der Waals surface area contributed by atoms with Crippen molar-refractivity contribution in [3.05, 3.63) is 77.9 Å². The maximum atomic E-state index is 13.0. The summed E-state index contributed by atoms with van der Waals surface area (Å²) in [4.78, 5) is 27.3. The molecule has 0 saturated carbocycles. The molecule has 1 aromatic heterocycles. The Labute approximate surface area is 205 Å². The summed E-state index contributed by atoms with van der Waals surface area (Å²) in [6, 6.07) is 14.5. The molecule has 0 aliphatic carbocycles. The largest absolute Gasteiger partial charge is 0.476 e. The molecule has 0 atom stereocenters. The number of aromatic carboxylic acids is 1. The number of hydrogen-bond acceptors (Lipinski definition) is 5. The fraction of sp³-hybridized carbons (Fsp3) is 0.346. The average Bonchev–Trinajstić information content (AvgIpc) is 3.39. The van der Waals surface area contributed by atoms with Crippen LogP contribution in [0.2, 0.25) is 0 Å². The van der Waals surface area contributed by atoms with Crippen LogP contribution in [0.4, 0.5) is 9.18 Å². The van der Waals surface area contributed by atoms with E-state index in [2.05, 4.69) is 10.00 Å². The van der Waals surface area contributed by atoms with E-state index in [-0.39, 0.29) is 17.5 Å². The van der Waals surface area contributed by atoms with Crippen molar-refractivity contribution in [2.75, 3.05) is 26.2 Å². The van der Waals surface area contributed by atoms with Crippen molar-refractivity contribution in [2.24, 2.45) is 0 Å². The number of piperazine rings is 1. The topological polar surface area (TPSA) is 87.9 Å². The molecule has 188 valence electrons. The number of carboxylic acids is 1. The highest BCUT2D eigenvalue weighted by Crippen LogP contribution is 2.23. The molecule has 1 amide bonds. The number of aromatic nitrogens is 2. The van der Waals surface area contributed by atoms with E-state index in [1.54, 1.807) is 17.0 Å². The summed E-state index contributed by atoms with van der Waals surface area (Å²) >= 11 is 0. The van der Waals surface area contributed by atoms with Gasteiger partial charge in [0.1, 0.15) is 17.3 Å². The van der Waals surface area contributed by atoms with E-state index in [0.717, 1.165) is 10.2 Å². The summed E-state index contributed by atoms with van der Waals surface area (Å²) in [6.45, 7) is 11.1. The van der Waals surface area contributed by atoms with Crippen LogP contribution < -0.4 is 4.74 Å². The molecule has 0 spiro atoms. The Morgan fingerprint density at radius 2 is 1.60 bits per heavy atom. The van der Waals surface area contributed by atoms with Crippen LogP contribution in [0.25, 0.3) is 0 Å². The predicted molar refractivity (Wildman–Crippen MR) is 132 cm³/mol. The Morgan fingerprint density at radius 1 is 0.943 bits per heavy atom. The standard InChI is InChI=1S/C22H21FN4O4.2C2H6/c23-17-4-6-18(7-5-17)31-19-3-1-2-16(14-19)15-25-10-12-26(13-11-25)22(30)27-9-8-20(24-27)21(28)29;2*1-2/h1-9,14H,10-13,15H2,(H,28,29);2*1-2H3. The lowest BCUT2D eigenvalue weighted by Crippen LogP contribution is -2.49. The van der Waals surface area contributed by atoms with Crippen LogP contribution in [-0.4, -0.2) is 62.9 Å². The number of carbonyl (C=O) groups is 2. The Hall–Kier alpha value is -3.72. The zero-order valence-corrected chi connectivity index (χ0v) is 20.6. The normalized spacial score (nSPS) is 13.1. The van der Waals surface area contributed by atoms with Gasteiger partial charge in [-0.15, -0.1) is 0 Å². The molecule has 3 aromatic rings. The molecule has 1 aliphatic rings. The van der Waals surface area contributed by atoms with Gasteiger partial charge in [-0.25, -0.2) is 14.0 Å². The zero-order valence-electron chi connectivity index (χ0n) is 20.6. The highest BCUT2D eigenvalue weighted by atomic mass is 19.1. The zero-order chi connectivity index (χ0) is 25.8. The fourth-order valence-electron chi connectivity index (χ4n) is 3.39. The molecule has 1 saturated heterocycles. The number of halogens is 1. The van der Waals surface area contributed by atoms with E-state index in [1.165, 1.54) is 24.4 Å². The van der Waals surface area contributed by atoms with Crippen LogP contribution in [-0.2, 0) is 6.54 Å². The molecular weight excluding hydrogens is 451 g/mol. The van der Waals surface area contributed by atoms with Crippen LogP contribution in [0, 0.1) is 5.82 Å². The van der Waals surface area contributed by atoms with Crippen molar-refractivity contribution in [3.8, 4) is 11.5 Å². The SMILES string of the molecule is CC.CC.O=C(O)c1ccn(C(=O)N2CCN(Cc3cccc(Oc4ccc(F)cc4)c3)CC2)n1. The number of ether oxygens (including phenoxy) is 1. The molecule has 1 fully saturated rings. The monoisotopic (exact) mass is 484 g/mol. The van der Waals surface area contributed by atoms with E-state index in [0.29, 0.717) is 44.2 Å². The highest BCUT2D eigenvalue weighted by molar-refractivity contribution is 5.86. The molecular formula is C26H33FN4O4. The summed E-state index contributed by atoms with van der Waals surface area (Å²) in [5.41, 5.74) is 0.910. The third-order valence-electron chi connectivity index (χ3n) is 5.00. The first-order valence-corrected chi connectivity index (χ1v) is 11.8. The van der Waals surface area contributed by atoms with Gasteiger partial charge in [-0.1, -0.05) is 39.8 Å². The van der Waals surface area contributed by atoms with Gasteiger partial charge in [-0.3, -0.25) is 4.90 Å². The Morgan fingerprint density at radius 3 is 2.20 bits per heavy atom. The molecule has 1 aliphatic heterocycles. The molecule has 9 heteroatoms. The van der Waals surface area contributed by atoms with Gasteiger partial charge in [0.05, 0.1) is 0 Å². The Bertz CT molecular complexity index is 1080. The van der Waals surface area contributed by atoms with Crippen molar-refractivity contribution < 1.29 is 23.8 Å². The van der Waals surface area contributed by atoms with Crippen LogP contribution in [0.3, 0.4) is 0 Å². The summed E-state index contributed by atoms with van der Waals surface area (Å²) in [6.07, 6.45) is 1.37. The minimum atomic E-state index is -1.16. The number of benzene rings is 2. The van der Waals surface area contributed by atoms with Gasteiger partial charge in [-0.05, 0) is 48.0 Å². The van der Waals surface area contributed by atoms with Crippen LogP contribution in [0.5, 0.6) is 11.5 Å². The second-order valence-corrected chi connectivity index (χ2v) is 7.20. The van der Waals surface area contributed by atoms with E-state index in [9.17, 15) is 14.0 Å². The predicted octanol–water partition coefficient (Wildman–Crippen LogP) is 5.35. The Balaban J connectivity index is 0.00000103. The quantitative estimate of drug-likeness (QED) is 0.525. The van der Waals surface area contributed by atoms with Gasteiger partial charge in [0.25, 0.3) is 0 Å². The summed E-state index contributed by atoms with van der Waals surface area (Å²) < 4.78 is 19.9. The molecule has 0 unspecified atom stereocenters. The first-order valence-electron chi connectivity index (χ1n) is 11.8. The van der Waals surface area contributed by atoms with Crippen LogP contribution in [0.15, 0.2) is 60.8 Å². The number of rotatable bonds is 5. The number of carboxylic acid groups (broad SMARTS) is 1. The van der Waals surface area contributed by atoms with Crippen LogP contribution in [0.1, 0.15) is 43.7 Å². The summed E-state index contributed by atoms with van der Waals surface area (Å²) in [7, 11) is 0. The minimum absolute atomic E-state index is 0.158. The first-order chi connectivity index (χ1) is 17.0. The number of carbonyl (C=O) groups excluding carboxylic acids is 1. The third kappa shape index (κ3) is 7.92. The van der Waals surface area contributed by atoms with Crippen molar-refractivity contribution in [1.82, 2.24) is 19.6 Å². The number of nitrogens with zero attached hydrogens (tertiary/aromatic N) is 4. The van der Waals surface area contributed by atoms with E-state index in [4.69, 9.17) is 9.84 Å². The van der Waals surface area contributed by atoms with Gasteiger partial charge in [-0.2, -0.15) is 9.78 Å². The number of amides is 1. The summed E-state index contributed by atoms with van der Waals surface area (Å²) in [5.74, 6) is -0.239. The van der Waals surface area contributed by atoms with Crippen LogP contribution >= 0.6 is 0 Å². The van der Waals surface area contributed by atoms with E-state index >= 15 is 0 Å². The third-order valence-corrected chi connectivity index (χ3v) is 5.00. The van der Waals surface area contributed by atoms with Gasteiger partial charge in [0.15, 0.2) is 5.69 Å². The first kappa shape index (κ1) is 27.5. The van der Waals surface area contributed by atoms with Crippen molar-refractivity contribution in [3.63, 3.8) is 0 Å². The molecule has 35 heavy (non-hydrogen) atoms. The van der Waals surface area contributed by atoms with Gasteiger partial charge in [0.2, 0.25) is 0 Å². The second kappa shape index (κ2) is 13.9. The minimum Gasteiger partial charge on any atom is -0.476 e. The molecule has 2 heterocycles. The number of hydrogen-bond donors (Lipinski definition) is 1. The average molecular weight is 485 g/mol. The highest BCUT2D eigenvalue weighted by Gasteiger charge is 2.23. The van der Waals surface area contributed by atoms with Crippen molar-refractivity contribution in [1.29, 1.82) is 0 Å². The Kier molecular flexibility index (Phi) is 10.9. The smallest absolute Gasteiger partial charge is 0.356 e. The van der Waals surface area contributed by atoms with Crippen molar-refractivity contribution in [2.45, 2.75) is 34.2 Å². The molecule has 0 radical (unpaired) electrons. The fourth-order valence-corrected chi connectivity index (χ4v) is 3.39. The van der Waals surface area contributed by atoms with E-state index < -0.39 is 5.97 Å². The molecule has 1 N–H and O–H groups in total. The van der Waals surface area contributed by atoms with Crippen molar-refractivity contribution >= 4 is 12.0 Å². The lowest BCUT2D eigenvalue weighted by atomic mass is 10.2. The maximum Gasteiger partial charge on any atom is 0.356 e. The lowest BCUT2D eigenvalue weighted by molar-refractivity contribution is 0.0689.